The molecule has 0 aliphatic heterocycles. The first-order valence-corrected chi connectivity index (χ1v) is 5.87. The first-order valence-electron chi connectivity index (χ1n) is 5.87. The van der Waals surface area contributed by atoms with Crippen molar-refractivity contribution in [3.63, 3.8) is 0 Å². The zero-order valence-electron chi connectivity index (χ0n) is 10.6. The van der Waals surface area contributed by atoms with E-state index in [-0.39, 0.29) is 5.52 Å². The normalized spacial score (nSPS) is 10.9. The summed E-state index contributed by atoms with van der Waals surface area (Å²) < 4.78 is 31.8. The maximum absolute atomic E-state index is 13.6. The molecular formula is C14H11F2N3O. The van der Waals surface area contributed by atoms with E-state index in [9.17, 15) is 8.78 Å². The van der Waals surface area contributed by atoms with Crippen LogP contribution in [0.5, 0.6) is 5.75 Å². The molecular weight excluding hydrogens is 264 g/mol. The van der Waals surface area contributed by atoms with Crippen molar-refractivity contribution < 1.29 is 13.5 Å². The number of aromatic nitrogens is 2. The molecule has 1 aromatic heterocycles. The van der Waals surface area contributed by atoms with E-state index in [2.05, 4.69) is 9.97 Å². The number of nitrogens with one attached hydrogen (secondary N) is 1. The van der Waals surface area contributed by atoms with Crippen LogP contribution in [0.2, 0.25) is 0 Å². The predicted octanol–water partition coefficient (Wildman–Crippen LogP) is 3.10. The van der Waals surface area contributed by atoms with E-state index in [0.29, 0.717) is 28.3 Å². The zero-order chi connectivity index (χ0) is 14.3. The maximum Gasteiger partial charge on any atom is 0.186 e. The number of rotatable bonds is 2. The molecule has 0 aliphatic rings. The van der Waals surface area contributed by atoms with Gasteiger partial charge in [0.15, 0.2) is 11.6 Å². The molecule has 0 spiro atoms. The summed E-state index contributed by atoms with van der Waals surface area (Å²) in [4.78, 5) is 7.00. The van der Waals surface area contributed by atoms with Crippen molar-refractivity contribution in [3.05, 3.63) is 42.0 Å². The van der Waals surface area contributed by atoms with Crippen molar-refractivity contribution >= 4 is 16.7 Å². The molecule has 0 radical (unpaired) electrons. The van der Waals surface area contributed by atoms with E-state index in [0.717, 1.165) is 6.07 Å². The molecule has 20 heavy (non-hydrogen) atoms. The Labute approximate surface area is 113 Å². The van der Waals surface area contributed by atoms with Gasteiger partial charge in [-0.15, -0.1) is 0 Å². The summed E-state index contributed by atoms with van der Waals surface area (Å²) in [5, 5.41) is 0. The first-order chi connectivity index (χ1) is 9.60. The molecule has 0 atom stereocenters. The van der Waals surface area contributed by atoms with E-state index in [4.69, 9.17) is 10.5 Å². The van der Waals surface area contributed by atoms with E-state index < -0.39 is 11.6 Å². The van der Waals surface area contributed by atoms with Crippen LogP contribution >= 0.6 is 0 Å². The van der Waals surface area contributed by atoms with Gasteiger partial charge in [-0.3, -0.25) is 0 Å². The van der Waals surface area contributed by atoms with Crippen LogP contribution < -0.4 is 10.5 Å². The highest BCUT2D eigenvalue weighted by Gasteiger charge is 2.13. The second kappa shape index (κ2) is 4.48. The van der Waals surface area contributed by atoms with Crippen LogP contribution in [-0.4, -0.2) is 17.1 Å². The number of nitrogen functional groups attached to an aromatic ring is 1. The summed E-state index contributed by atoms with van der Waals surface area (Å²) in [6, 6.07) is 7.58. The molecule has 0 saturated heterocycles. The van der Waals surface area contributed by atoms with Crippen LogP contribution in [0.3, 0.4) is 0 Å². The summed E-state index contributed by atoms with van der Waals surface area (Å²) in [6.07, 6.45) is 0. The third-order valence-corrected chi connectivity index (χ3v) is 3.05. The number of hydrogen-bond donors (Lipinski definition) is 2. The minimum absolute atomic E-state index is 0.0330. The molecule has 102 valence electrons. The number of anilines is 1. The molecule has 0 unspecified atom stereocenters. The number of nitrogens with two attached hydrogens (primary N) is 1. The smallest absolute Gasteiger partial charge is 0.186 e. The number of benzene rings is 2. The number of hydrogen-bond acceptors (Lipinski definition) is 3. The van der Waals surface area contributed by atoms with Gasteiger partial charge >= 0.3 is 0 Å². The van der Waals surface area contributed by atoms with Gasteiger partial charge in [-0.25, -0.2) is 13.8 Å². The Bertz CT molecular complexity index is 798. The van der Waals surface area contributed by atoms with Crippen molar-refractivity contribution in [2.45, 2.75) is 0 Å². The quantitative estimate of drug-likeness (QED) is 0.706. The first kappa shape index (κ1) is 12.4. The molecule has 0 fully saturated rings. The van der Waals surface area contributed by atoms with Gasteiger partial charge in [-0.2, -0.15) is 0 Å². The Kier molecular flexibility index (Phi) is 2.78. The van der Waals surface area contributed by atoms with Crippen molar-refractivity contribution in [2.24, 2.45) is 0 Å². The second-order valence-electron chi connectivity index (χ2n) is 4.30. The third-order valence-electron chi connectivity index (χ3n) is 3.05. The predicted molar refractivity (Wildman–Crippen MR) is 72.4 cm³/mol. The monoisotopic (exact) mass is 275 g/mol. The van der Waals surface area contributed by atoms with E-state index >= 15 is 0 Å². The fourth-order valence-electron chi connectivity index (χ4n) is 2.04. The fourth-order valence-corrected chi connectivity index (χ4v) is 2.04. The average Bonchev–Trinajstić information content (AvgIpc) is 2.88. The molecule has 4 nitrogen and oxygen atoms in total. The lowest BCUT2D eigenvalue weighted by Crippen LogP contribution is -1.93. The summed E-state index contributed by atoms with van der Waals surface area (Å²) in [6.45, 7) is 0. The summed E-state index contributed by atoms with van der Waals surface area (Å²) in [5.41, 5.74) is 7.32. The van der Waals surface area contributed by atoms with Crippen molar-refractivity contribution in [2.75, 3.05) is 12.8 Å². The second-order valence-corrected chi connectivity index (χ2v) is 4.30. The van der Waals surface area contributed by atoms with Crippen LogP contribution in [0.15, 0.2) is 30.3 Å². The van der Waals surface area contributed by atoms with E-state index in [1.54, 1.807) is 18.2 Å². The SMILES string of the molecule is COc1ccc(-c2nc3c(F)c(F)ccc3[nH]2)cc1N. The van der Waals surface area contributed by atoms with Crippen molar-refractivity contribution in [3.8, 4) is 17.1 Å². The zero-order valence-corrected chi connectivity index (χ0v) is 10.6. The topological polar surface area (TPSA) is 63.9 Å². The number of imidazole rings is 1. The number of H-pyrrole nitrogens is 1. The van der Waals surface area contributed by atoms with Crippen LogP contribution in [0.4, 0.5) is 14.5 Å². The minimum Gasteiger partial charge on any atom is -0.495 e. The van der Waals surface area contributed by atoms with Gasteiger partial charge in [0.05, 0.1) is 18.3 Å². The molecule has 3 N–H and O–H groups in total. The molecule has 0 amide bonds. The van der Waals surface area contributed by atoms with Gasteiger partial charge < -0.3 is 15.5 Å². The minimum atomic E-state index is -0.966. The van der Waals surface area contributed by atoms with E-state index in [1.807, 2.05) is 0 Å². The number of fused-ring (bicyclic) bond motifs is 1. The lowest BCUT2D eigenvalue weighted by atomic mass is 10.2. The molecule has 6 heteroatoms. The Morgan fingerprint density at radius 2 is 2.00 bits per heavy atom. The molecule has 2 aromatic carbocycles. The molecule has 3 rings (SSSR count). The number of aromatic amines is 1. The van der Waals surface area contributed by atoms with Crippen molar-refractivity contribution in [1.29, 1.82) is 0 Å². The highest BCUT2D eigenvalue weighted by atomic mass is 19.2. The van der Waals surface area contributed by atoms with Crippen LogP contribution in [0.25, 0.3) is 22.4 Å². The highest BCUT2D eigenvalue weighted by molar-refractivity contribution is 5.80. The van der Waals surface area contributed by atoms with Gasteiger partial charge in [0, 0.05) is 5.56 Å². The van der Waals surface area contributed by atoms with Gasteiger partial charge in [0.1, 0.15) is 17.1 Å². The summed E-state index contributed by atoms with van der Waals surface area (Å²) in [7, 11) is 1.52. The molecule has 1 heterocycles. The van der Waals surface area contributed by atoms with Crippen LogP contribution in [0, 0.1) is 11.6 Å². The Morgan fingerprint density at radius 3 is 2.70 bits per heavy atom. The molecule has 3 aromatic rings. The standard InChI is InChI=1S/C14H11F2N3O/c1-20-11-5-2-7(6-9(11)17)14-18-10-4-3-8(15)12(16)13(10)19-14/h2-6H,17H2,1H3,(H,18,19). The van der Waals surface area contributed by atoms with Gasteiger partial charge in [0.2, 0.25) is 0 Å². The van der Waals surface area contributed by atoms with Crippen LogP contribution in [0.1, 0.15) is 0 Å². The summed E-state index contributed by atoms with van der Waals surface area (Å²) >= 11 is 0. The molecule has 0 bridgehead atoms. The molecule has 0 aliphatic carbocycles. The number of halogens is 2. The van der Waals surface area contributed by atoms with Crippen LogP contribution in [-0.2, 0) is 0 Å². The lowest BCUT2D eigenvalue weighted by Gasteiger charge is -2.05. The Balaban J connectivity index is 2.15. The number of methoxy groups -OCH3 is 1. The third kappa shape index (κ3) is 1.85. The Hall–Kier alpha value is -2.63. The lowest BCUT2D eigenvalue weighted by molar-refractivity contribution is 0.417. The van der Waals surface area contributed by atoms with Gasteiger partial charge in [0.25, 0.3) is 0 Å². The summed E-state index contributed by atoms with van der Waals surface area (Å²) in [5.74, 6) is -0.933. The number of ether oxygens (including phenoxy) is 1. The Morgan fingerprint density at radius 1 is 1.20 bits per heavy atom. The van der Waals surface area contributed by atoms with Gasteiger partial charge in [-0.1, -0.05) is 0 Å². The van der Waals surface area contributed by atoms with E-state index in [1.165, 1.54) is 13.2 Å². The maximum atomic E-state index is 13.6. The average molecular weight is 275 g/mol. The molecule has 0 saturated carbocycles. The largest absolute Gasteiger partial charge is 0.495 e. The highest BCUT2D eigenvalue weighted by Crippen LogP contribution is 2.29. The number of nitrogens with zero attached hydrogens (tertiary/aromatic N) is 1. The fraction of sp³-hybridized carbons (Fsp3) is 0.0714. The van der Waals surface area contributed by atoms with Crippen molar-refractivity contribution in [1.82, 2.24) is 9.97 Å². The van der Waals surface area contributed by atoms with Gasteiger partial charge in [-0.05, 0) is 30.3 Å².